The number of carbonyl (C=O) groups is 1. The van der Waals surface area contributed by atoms with Crippen LogP contribution in [0.1, 0.15) is 23.7 Å². The maximum atomic E-state index is 13.2. The Morgan fingerprint density at radius 1 is 1.25 bits per heavy atom. The van der Waals surface area contributed by atoms with Crippen molar-refractivity contribution in [3.05, 3.63) is 53.9 Å². The smallest absolute Gasteiger partial charge is 0.246 e. The van der Waals surface area contributed by atoms with E-state index in [1.807, 2.05) is 24.3 Å². The first-order valence-electron chi connectivity index (χ1n) is 10.4. The Morgan fingerprint density at radius 3 is 2.78 bits per heavy atom. The van der Waals surface area contributed by atoms with Crippen LogP contribution in [0.3, 0.4) is 0 Å². The number of benzene rings is 1. The van der Waals surface area contributed by atoms with Gasteiger partial charge in [-0.15, -0.1) is 0 Å². The van der Waals surface area contributed by atoms with E-state index < -0.39 is 16.1 Å². The first-order chi connectivity index (χ1) is 15.5. The minimum atomic E-state index is -3.73. The molecular weight excluding hydrogens is 434 g/mol. The third kappa shape index (κ3) is 4.92. The number of rotatable bonds is 7. The number of hydrogen-bond donors (Lipinski definition) is 3. The standard InChI is InChI=1S/C21H27N5O5S/c1-30-19-6-5-15(12-20(19)32(28,29)26-8-10-31-11-9-26)17-13-18(25-24-17)21(27)23-14-16-4-2-3-7-22-16/h2-7,12,17-18,24-25H,8-11,13-14H2,1H3,(H,23,27). The lowest BCUT2D eigenvalue weighted by atomic mass is 10.0. The highest BCUT2D eigenvalue weighted by molar-refractivity contribution is 7.89. The van der Waals surface area contributed by atoms with Crippen molar-refractivity contribution in [1.82, 2.24) is 25.5 Å². The van der Waals surface area contributed by atoms with Gasteiger partial charge in [-0.1, -0.05) is 12.1 Å². The van der Waals surface area contributed by atoms with Crippen molar-refractivity contribution >= 4 is 15.9 Å². The Labute approximate surface area is 187 Å². The molecule has 10 nitrogen and oxygen atoms in total. The van der Waals surface area contributed by atoms with Crippen molar-refractivity contribution in [3.63, 3.8) is 0 Å². The number of aromatic nitrogens is 1. The maximum Gasteiger partial charge on any atom is 0.246 e. The summed E-state index contributed by atoms with van der Waals surface area (Å²) in [6.45, 7) is 1.68. The van der Waals surface area contributed by atoms with Gasteiger partial charge in [0.05, 0.1) is 32.6 Å². The fraction of sp³-hybridized carbons (Fsp3) is 0.429. The minimum absolute atomic E-state index is 0.115. The zero-order chi connectivity index (χ0) is 22.6. The number of nitrogens with zero attached hydrogens (tertiary/aromatic N) is 2. The van der Waals surface area contributed by atoms with Crippen molar-refractivity contribution in [2.45, 2.75) is 29.9 Å². The van der Waals surface area contributed by atoms with Crippen molar-refractivity contribution in [3.8, 4) is 5.75 Å². The Morgan fingerprint density at radius 2 is 2.06 bits per heavy atom. The number of hydrogen-bond acceptors (Lipinski definition) is 8. The van der Waals surface area contributed by atoms with Crippen LogP contribution in [0.2, 0.25) is 0 Å². The molecule has 3 heterocycles. The first kappa shape index (κ1) is 22.6. The first-order valence-corrected chi connectivity index (χ1v) is 11.9. The van der Waals surface area contributed by atoms with Gasteiger partial charge in [0, 0.05) is 25.3 Å². The minimum Gasteiger partial charge on any atom is -0.495 e. The molecule has 2 atom stereocenters. The normalized spacial score (nSPS) is 21.9. The molecule has 1 amide bonds. The van der Waals surface area contributed by atoms with Gasteiger partial charge in [-0.25, -0.2) is 19.3 Å². The van der Waals surface area contributed by atoms with E-state index in [9.17, 15) is 13.2 Å². The van der Waals surface area contributed by atoms with Gasteiger partial charge >= 0.3 is 0 Å². The summed E-state index contributed by atoms with van der Waals surface area (Å²) in [5.74, 6) is 0.135. The summed E-state index contributed by atoms with van der Waals surface area (Å²) in [7, 11) is -2.28. The second-order valence-electron chi connectivity index (χ2n) is 7.60. The monoisotopic (exact) mass is 461 g/mol. The van der Waals surface area contributed by atoms with E-state index in [2.05, 4.69) is 21.2 Å². The van der Waals surface area contributed by atoms with Gasteiger partial charge in [-0.3, -0.25) is 9.78 Å². The summed E-state index contributed by atoms with van der Waals surface area (Å²) in [4.78, 5) is 16.9. The topological polar surface area (TPSA) is 122 Å². The predicted molar refractivity (Wildman–Crippen MR) is 116 cm³/mol. The van der Waals surface area contributed by atoms with Crippen LogP contribution in [0.25, 0.3) is 0 Å². The van der Waals surface area contributed by atoms with E-state index in [1.165, 1.54) is 11.4 Å². The number of pyridine rings is 1. The number of amides is 1. The van der Waals surface area contributed by atoms with Crippen LogP contribution in [-0.4, -0.2) is 63.1 Å². The molecule has 0 spiro atoms. The van der Waals surface area contributed by atoms with Gasteiger partial charge < -0.3 is 14.8 Å². The van der Waals surface area contributed by atoms with Gasteiger partial charge in [0.15, 0.2) is 0 Å². The summed E-state index contributed by atoms with van der Waals surface area (Å²) < 4.78 is 38.4. The van der Waals surface area contributed by atoms with Crippen LogP contribution >= 0.6 is 0 Å². The number of sulfonamides is 1. The zero-order valence-corrected chi connectivity index (χ0v) is 18.6. The molecule has 32 heavy (non-hydrogen) atoms. The molecule has 3 N–H and O–H groups in total. The van der Waals surface area contributed by atoms with Gasteiger partial charge in [0.25, 0.3) is 0 Å². The highest BCUT2D eigenvalue weighted by Gasteiger charge is 2.33. The average Bonchev–Trinajstić information content (AvgIpc) is 3.34. The number of ether oxygens (including phenoxy) is 2. The second-order valence-corrected chi connectivity index (χ2v) is 9.50. The van der Waals surface area contributed by atoms with Crippen molar-refractivity contribution in [2.75, 3.05) is 33.4 Å². The Kier molecular flexibility index (Phi) is 7.01. The highest BCUT2D eigenvalue weighted by Crippen LogP contribution is 2.32. The Hall–Kier alpha value is -2.57. The molecule has 11 heteroatoms. The number of nitrogens with one attached hydrogen (secondary N) is 3. The van der Waals surface area contributed by atoms with E-state index in [4.69, 9.17) is 9.47 Å². The molecule has 0 saturated carbocycles. The van der Waals surface area contributed by atoms with Crippen LogP contribution in [0.5, 0.6) is 5.75 Å². The number of methoxy groups -OCH3 is 1. The molecule has 2 saturated heterocycles. The molecule has 0 aliphatic carbocycles. The van der Waals surface area contributed by atoms with Gasteiger partial charge in [0.2, 0.25) is 15.9 Å². The van der Waals surface area contributed by atoms with Crippen molar-refractivity contribution < 1.29 is 22.7 Å². The summed E-state index contributed by atoms with van der Waals surface area (Å²) >= 11 is 0. The molecule has 172 valence electrons. The van der Waals surface area contributed by atoms with E-state index in [1.54, 1.807) is 18.3 Å². The maximum absolute atomic E-state index is 13.2. The largest absolute Gasteiger partial charge is 0.495 e. The molecular formula is C21H27N5O5S. The molecule has 0 bridgehead atoms. The van der Waals surface area contributed by atoms with Crippen LogP contribution < -0.4 is 20.9 Å². The zero-order valence-electron chi connectivity index (χ0n) is 17.8. The molecule has 0 radical (unpaired) electrons. The lowest BCUT2D eigenvalue weighted by Crippen LogP contribution is -2.43. The number of carbonyl (C=O) groups excluding carboxylic acids is 1. The van der Waals surface area contributed by atoms with E-state index in [0.717, 1.165) is 11.3 Å². The lowest BCUT2D eigenvalue weighted by molar-refractivity contribution is -0.123. The SMILES string of the molecule is COc1ccc(C2CC(C(=O)NCc3ccccn3)NN2)cc1S(=O)(=O)N1CCOCC1. The van der Waals surface area contributed by atoms with E-state index in [0.29, 0.717) is 39.3 Å². The fourth-order valence-corrected chi connectivity index (χ4v) is 5.39. The van der Waals surface area contributed by atoms with Crippen LogP contribution in [0.15, 0.2) is 47.5 Å². The molecule has 1 aromatic heterocycles. The van der Waals surface area contributed by atoms with Crippen LogP contribution in [-0.2, 0) is 26.1 Å². The molecule has 4 rings (SSSR count). The van der Waals surface area contributed by atoms with Gasteiger partial charge in [0.1, 0.15) is 16.7 Å². The van der Waals surface area contributed by atoms with Crippen LogP contribution in [0, 0.1) is 0 Å². The lowest BCUT2D eigenvalue weighted by Gasteiger charge is -2.27. The van der Waals surface area contributed by atoms with Crippen LogP contribution in [0.4, 0.5) is 0 Å². The number of hydrazine groups is 1. The summed E-state index contributed by atoms with van der Waals surface area (Å²) in [6.07, 6.45) is 2.15. The Balaban J connectivity index is 1.46. The third-order valence-corrected chi connectivity index (χ3v) is 7.49. The third-order valence-electron chi connectivity index (χ3n) is 5.57. The molecule has 2 fully saturated rings. The average molecular weight is 462 g/mol. The highest BCUT2D eigenvalue weighted by atomic mass is 32.2. The second kappa shape index (κ2) is 9.92. The summed E-state index contributed by atoms with van der Waals surface area (Å²) in [6, 6.07) is 9.93. The molecule has 2 aliphatic heterocycles. The Bertz CT molecular complexity index is 1040. The molecule has 1 aromatic carbocycles. The van der Waals surface area contributed by atoms with Gasteiger partial charge in [-0.2, -0.15) is 4.31 Å². The van der Waals surface area contributed by atoms with E-state index >= 15 is 0 Å². The molecule has 2 unspecified atom stereocenters. The molecule has 2 aliphatic rings. The number of morpholine rings is 1. The predicted octanol–water partition coefficient (Wildman–Crippen LogP) is 0.335. The van der Waals surface area contributed by atoms with Crippen molar-refractivity contribution in [2.24, 2.45) is 0 Å². The quantitative estimate of drug-likeness (QED) is 0.540. The van der Waals surface area contributed by atoms with Gasteiger partial charge in [-0.05, 0) is 36.2 Å². The fourth-order valence-electron chi connectivity index (χ4n) is 3.79. The summed E-state index contributed by atoms with van der Waals surface area (Å²) in [5.41, 5.74) is 7.63. The van der Waals surface area contributed by atoms with Crippen molar-refractivity contribution in [1.29, 1.82) is 0 Å². The molecule has 2 aromatic rings. The summed E-state index contributed by atoms with van der Waals surface area (Å²) in [5, 5.41) is 2.87. The van der Waals surface area contributed by atoms with E-state index in [-0.39, 0.29) is 22.6 Å².